The molecule has 0 aliphatic carbocycles. The van der Waals surface area contributed by atoms with Crippen LogP contribution in [-0.2, 0) is 11.2 Å². The Hall–Kier alpha value is -3.02. The molecule has 6 nitrogen and oxygen atoms in total. The van der Waals surface area contributed by atoms with E-state index in [1.165, 1.54) is 14.2 Å². The molecule has 26 heavy (non-hydrogen) atoms. The molecule has 2 aromatic rings. The fourth-order valence-corrected chi connectivity index (χ4v) is 4.12. The van der Waals surface area contributed by atoms with Crippen molar-refractivity contribution >= 4 is 11.9 Å². The lowest BCUT2D eigenvalue weighted by Crippen LogP contribution is -2.48. The van der Waals surface area contributed by atoms with Crippen molar-refractivity contribution in [2.75, 3.05) is 20.8 Å². The Morgan fingerprint density at radius 3 is 2.50 bits per heavy atom. The van der Waals surface area contributed by atoms with Gasteiger partial charge in [0.2, 0.25) is 0 Å². The van der Waals surface area contributed by atoms with E-state index in [4.69, 9.17) is 9.47 Å². The number of carboxylic acids is 1. The number of aliphatic carboxylic acids is 1. The molecule has 0 aromatic heterocycles. The molecule has 2 aliphatic heterocycles. The summed E-state index contributed by atoms with van der Waals surface area (Å²) in [7, 11) is 2.99. The van der Waals surface area contributed by atoms with E-state index in [-0.39, 0.29) is 5.91 Å². The van der Waals surface area contributed by atoms with E-state index in [1.807, 2.05) is 24.3 Å². The van der Waals surface area contributed by atoms with Crippen molar-refractivity contribution in [3.63, 3.8) is 0 Å². The molecule has 134 valence electrons. The molecular formula is C20H19NO5. The van der Waals surface area contributed by atoms with Gasteiger partial charge in [0.25, 0.3) is 5.91 Å². The van der Waals surface area contributed by atoms with Gasteiger partial charge in [-0.3, -0.25) is 9.59 Å². The average molecular weight is 353 g/mol. The molecule has 2 heterocycles. The molecule has 2 aromatic carbocycles. The van der Waals surface area contributed by atoms with Crippen LogP contribution in [-0.4, -0.2) is 42.6 Å². The summed E-state index contributed by atoms with van der Waals surface area (Å²) in [5.41, 5.74) is 2.83. The Balaban J connectivity index is 1.96. The molecule has 1 N–H and O–H groups in total. The van der Waals surface area contributed by atoms with Crippen LogP contribution in [0.4, 0.5) is 0 Å². The summed E-state index contributed by atoms with van der Waals surface area (Å²) in [6.45, 7) is 0.498. The van der Waals surface area contributed by atoms with Gasteiger partial charge >= 0.3 is 5.97 Å². The average Bonchev–Trinajstić information content (AvgIpc) is 2.66. The van der Waals surface area contributed by atoms with Gasteiger partial charge in [-0.25, -0.2) is 0 Å². The van der Waals surface area contributed by atoms with Crippen molar-refractivity contribution in [3.8, 4) is 11.5 Å². The van der Waals surface area contributed by atoms with Gasteiger partial charge in [0.15, 0.2) is 11.5 Å². The molecule has 0 saturated heterocycles. The van der Waals surface area contributed by atoms with Gasteiger partial charge in [-0.1, -0.05) is 24.3 Å². The Labute approximate surface area is 151 Å². The summed E-state index contributed by atoms with van der Waals surface area (Å²) in [5.74, 6) is -1.15. The zero-order valence-electron chi connectivity index (χ0n) is 14.6. The maximum atomic E-state index is 13.1. The van der Waals surface area contributed by atoms with Crippen LogP contribution >= 0.6 is 0 Å². The van der Waals surface area contributed by atoms with E-state index < -0.39 is 17.9 Å². The van der Waals surface area contributed by atoms with E-state index in [0.717, 1.165) is 11.1 Å². The first kappa shape index (κ1) is 16.4. The number of hydrogen-bond donors (Lipinski definition) is 1. The van der Waals surface area contributed by atoms with E-state index in [0.29, 0.717) is 35.6 Å². The normalized spacial score (nSPS) is 20.7. The molecule has 0 spiro atoms. The van der Waals surface area contributed by atoms with Gasteiger partial charge in [0, 0.05) is 12.1 Å². The van der Waals surface area contributed by atoms with Crippen LogP contribution in [0, 0.1) is 0 Å². The van der Waals surface area contributed by atoms with Crippen LogP contribution in [0.2, 0.25) is 0 Å². The number of fused-ring (bicyclic) bond motifs is 4. The van der Waals surface area contributed by atoms with Gasteiger partial charge in [0.05, 0.1) is 20.3 Å². The van der Waals surface area contributed by atoms with Gasteiger partial charge in [0.1, 0.15) is 5.92 Å². The van der Waals surface area contributed by atoms with Crippen LogP contribution in [0.25, 0.3) is 0 Å². The van der Waals surface area contributed by atoms with E-state index in [2.05, 4.69) is 0 Å². The lowest BCUT2D eigenvalue weighted by atomic mass is 9.76. The molecule has 0 radical (unpaired) electrons. The highest BCUT2D eigenvalue weighted by atomic mass is 16.5. The van der Waals surface area contributed by atoms with Gasteiger partial charge < -0.3 is 19.5 Å². The minimum atomic E-state index is -0.960. The molecule has 6 heteroatoms. The first-order chi connectivity index (χ1) is 12.6. The predicted molar refractivity (Wildman–Crippen MR) is 93.8 cm³/mol. The number of methoxy groups -OCH3 is 2. The third-order valence-corrected chi connectivity index (χ3v) is 5.30. The summed E-state index contributed by atoms with van der Waals surface area (Å²) in [4.78, 5) is 27.0. The van der Waals surface area contributed by atoms with Crippen LogP contribution in [0.1, 0.15) is 39.0 Å². The third-order valence-electron chi connectivity index (χ3n) is 5.30. The molecule has 4 rings (SSSR count). The fourth-order valence-electron chi connectivity index (χ4n) is 4.12. The maximum absolute atomic E-state index is 13.1. The van der Waals surface area contributed by atoms with Crippen LogP contribution < -0.4 is 9.47 Å². The topological polar surface area (TPSA) is 76.1 Å². The van der Waals surface area contributed by atoms with Gasteiger partial charge in [-0.2, -0.15) is 0 Å². The molecular weight excluding hydrogens is 334 g/mol. The highest BCUT2D eigenvalue weighted by molar-refractivity contribution is 6.01. The number of carbonyl (C=O) groups excluding carboxylic acids is 1. The highest BCUT2D eigenvalue weighted by Gasteiger charge is 2.47. The second-order valence-corrected chi connectivity index (χ2v) is 6.50. The van der Waals surface area contributed by atoms with E-state index in [9.17, 15) is 14.7 Å². The summed E-state index contributed by atoms with van der Waals surface area (Å²) in [5, 5.41) is 10.0. The third kappa shape index (κ3) is 2.25. The Kier molecular flexibility index (Phi) is 3.83. The number of carboxylic acid groups (broad SMARTS) is 1. The number of nitrogens with zero attached hydrogens (tertiary/aromatic N) is 1. The molecule has 0 fully saturated rings. The smallest absolute Gasteiger partial charge is 0.313 e. The monoisotopic (exact) mass is 353 g/mol. The van der Waals surface area contributed by atoms with E-state index >= 15 is 0 Å². The second kappa shape index (κ2) is 6.05. The lowest BCUT2D eigenvalue weighted by Gasteiger charge is -2.44. The van der Waals surface area contributed by atoms with Crippen molar-refractivity contribution in [1.82, 2.24) is 4.90 Å². The number of benzene rings is 2. The summed E-state index contributed by atoms with van der Waals surface area (Å²) < 4.78 is 10.6. The van der Waals surface area contributed by atoms with Crippen molar-refractivity contribution in [2.45, 2.75) is 18.4 Å². The number of carbonyl (C=O) groups is 2. The zero-order valence-corrected chi connectivity index (χ0v) is 14.6. The number of ether oxygens (including phenoxy) is 2. The molecule has 1 amide bonds. The summed E-state index contributed by atoms with van der Waals surface area (Å²) in [6, 6.07) is 10.4. The fraction of sp³-hybridized carbons (Fsp3) is 0.300. The minimum absolute atomic E-state index is 0.169. The molecule has 2 atom stereocenters. The predicted octanol–water partition coefficient (Wildman–Crippen LogP) is 2.63. The van der Waals surface area contributed by atoms with Crippen molar-refractivity contribution < 1.29 is 24.2 Å². The molecule has 2 aliphatic rings. The second-order valence-electron chi connectivity index (χ2n) is 6.50. The van der Waals surface area contributed by atoms with Crippen molar-refractivity contribution in [3.05, 3.63) is 58.7 Å². The Morgan fingerprint density at radius 1 is 1.12 bits per heavy atom. The highest BCUT2D eigenvalue weighted by Crippen LogP contribution is 2.48. The number of hydrogen-bond acceptors (Lipinski definition) is 4. The molecule has 0 bridgehead atoms. The zero-order chi connectivity index (χ0) is 18.4. The van der Waals surface area contributed by atoms with Gasteiger partial charge in [-0.15, -0.1) is 0 Å². The van der Waals surface area contributed by atoms with E-state index in [1.54, 1.807) is 17.0 Å². The number of rotatable bonds is 3. The molecule has 0 saturated carbocycles. The first-order valence-electron chi connectivity index (χ1n) is 8.44. The quantitative estimate of drug-likeness (QED) is 0.918. The Morgan fingerprint density at radius 2 is 1.81 bits per heavy atom. The standard InChI is InChI=1S/C20H19NO5/c1-25-15-9-13-14(10-16(15)26-2)19(22)21-8-7-11-5-3-4-6-12(11)18(21)17(13)20(23)24/h3-6,9-10,17-18H,7-8H2,1-2H3,(H,23,24)/t17-,18-/m0/s1. The van der Waals surface area contributed by atoms with Crippen molar-refractivity contribution in [2.24, 2.45) is 0 Å². The van der Waals surface area contributed by atoms with Gasteiger partial charge in [-0.05, 0) is 35.2 Å². The lowest BCUT2D eigenvalue weighted by molar-refractivity contribution is -0.140. The Bertz CT molecular complexity index is 907. The van der Waals surface area contributed by atoms with Crippen LogP contribution in [0.15, 0.2) is 36.4 Å². The molecule has 0 unspecified atom stereocenters. The van der Waals surface area contributed by atoms with Crippen molar-refractivity contribution in [1.29, 1.82) is 0 Å². The maximum Gasteiger partial charge on any atom is 0.313 e. The summed E-state index contributed by atoms with van der Waals surface area (Å²) >= 11 is 0. The number of amides is 1. The minimum Gasteiger partial charge on any atom is -0.493 e. The summed E-state index contributed by atoms with van der Waals surface area (Å²) in [6.07, 6.45) is 0.716. The first-order valence-corrected chi connectivity index (χ1v) is 8.44. The largest absolute Gasteiger partial charge is 0.493 e. The van der Waals surface area contributed by atoms with Crippen LogP contribution in [0.3, 0.4) is 0 Å². The SMILES string of the molecule is COc1cc2c(cc1OC)[C@H](C(=O)O)[C@@H]1c3ccccc3CCN1C2=O. The van der Waals surface area contributed by atoms with Crippen LogP contribution in [0.5, 0.6) is 11.5 Å².